The molecule has 0 heterocycles. The molecule has 1 aliphatic rings. The molecule has 1 aromatic rings. The molecular weight excluding hydrogens is 195 g/mol. The fourth-order valence-electron chi connectivity index (χ4n) is 1.18. The van der Waals surface area contributed by atoms with Crippen LogP contribution >= 0.6 is 11.6 Å². The molecule has 0 N–H and O–H groups in total. The molecule has 0 unspecified atom stereocenters. The Hall–Kier alpha value is 1.15. The first-order chi connectivity index (χ1) is 5.36. The normalized spacial score (nSPS) is 15.4. The van der Waals surface area contributed by atoms with Gasteiger partial charge >= 0.3 is 51.4 Å². The third-order valence-corrected chi connectivity index (χ3v) is 2.37. The summed E-state index contributed by atoms with van der Waals surface area (Å²) in [6.07, 6.45) is 3.72. The molecular formula is C10H10ClK. The molecule has 0 amide bonds. The maximum absolute atomic E-state index is 5.98. The van der Waals surface area contributed by atoms with E-state index in [1.165, 1.54) is 18.4 Å². The first-order valence-electron chi connectivity index (χ1n) is 3.93. The summed E-state index contributed by atoms with van der Waals surface area (Å²) in [6, 6.07) is 8.08. The van der Waals surface area contributed by atoms with E-state index < -0.39 is 0 Å². The average Bonchev–Trinajstić information content (AvgIpc) is 2.78. The first kappa shape index (κ1) is 11.2. The van der Waals surface area contributed by atoms with E-state index in [0.717, 1.165) is 11.4 Å². The van der Waals surface area contributed by atoms with Crippen molar-refractivity contribution in [2.75, 3.05) is 0 Å². The van der Waals surface area contributed by atoms with Crippen LogP contribution < -0.4 is 51.4 Å². The second kappa shape index (κ2) is 5.13. The SMILES string of the molecule is Clc1ccccc1C[C-]1CC1.[K+]. The molecule has 2 rings (SSSR count). The second-order valence-corrected chi connectivity index (χ2v) is 3.43. The van der Waals surface area contributed by atoms with E-state index in [9.17, 15) is 0 Å². The van der Waals surface area contributed by atoms with Gasteiger partial charge in [-0.2, -0.15) is 0 Å². The minimum absolute atomic E-state index is 0. The van der Waals surface area contributed by atoms with E-state index >= 15 is 0 Å². The average molecular weight is 205 g/mol. The van der Waals surface area contributed by atoms with Crippen LogP contribution in [0.2, 0.25) is 5.02 Å². The molecule has 0 nitrogen and oxygen atoms in total. The van der Waals surface area contributed by atoms with Crippen molar-refractivity contribution in [2.45, 2.75) is 19.3 Å². The zero-order valence-electron chi connectivity index (χ0n) is 7.31. The minimum atomic E-state index is 0. The van der Waals surface area contributed by atoms with Crippen molar-refractivity contribution in [2.24, 2.45) is 0 Å². The van der Waals surface area contributed by atoms with Gasteiger partial charge in [0.25, 0.3) is 0 Å². The molecule has 2 heteroatoms. The van der Waals surface area contributed by atoms with Crippen LogP contribution in [0, 0.1) is 5.92 Å². The molecule has 0 spiro atoms. The summed E-state index contributed by atoms with van der Waals surface area (Å²) in [4.78, 5) is 0. The quantitative estimate of drug-likeness (QED) is 0.479. The van der Waals surface area contributed by atoms with Crippen LogP contribution in [0.3, 0.4) is 0 Å². The first-order valence-corrected chi connectivity index (χ1v) is 4.31. The van der Waals surface area contributed by atoms with Gasteiger partial charge in [-0.05, 0) is 6.07 Å². The van der Waals surface area contributed by atoms with Gasteiger partial charge in [0.05, 0.1) is 0 Å². The Kier molecular flexibility index (Phi) is 4.80. The summed E-state index contributed by atoms with van der Waals surface area (Å²) in [5.74, 6) is 1.64. The third-order valence-electron chi connectivity index (χ3n) is 2.00. The Labute approximate surface area is 121 Å². The number of rotatable bonds is 2. The minimum Gasteiger partial charge on any atom is -0.314 e. The smallest absolute Gasteiger partial charge is 0.314 e. The molecule has 0 radical (unpaired) electrons. The van der Waals surface area contributed by atoms with Gasteiger partial charge in [0.1, 0.15) is 0 Å². The van der Waals surface area contributed by atoms with E-state index in [1.54, 1.807) is 5.92 Å². The number of hydrogen-bond acceptors (Lipinski definition) is 0. The fourth-order valence-corrected chi connectivity index (χ4v) is 1.38. The van der Waals surface area contributed by atoms with Gasteiger partial charge in [-0.15, -0.1) is 6.42 Å². The van der Waals surface area contributed by atoms with Crippen LogP contribution in [0.1, 0.15) is 18.4 Å². The van der Waals surface area contributed by atoms with E-state index in [1.807, 2.05) is 18.2 Å². The van der Waals surface area contributed by atoms with Crippen molar-refractivity contribution in [3.05, 3.63) is 40.8 Å². The molecule has 1 fully saturated rings. The van der Waals surface area contributed by atoms with Crippen LogP contribution in [-0.4, -0.2) is 0 Å². The van der Waals surface area contributed by atoms with Crippen molar-refractivity contribution in [3.63, 3.8) is 0 Å². The predicted molar refractivity (Wildman–Crippen MR) is 47.6 cm³/mol. The number of halogens is 1. The molecule has 1 aromatic carbocycles. The van der Waals surface area contributed by atoms with E-state index in [4.69, 9.17) is 11.6 Å². The third kappa shape index (κ3) is 3.13. The van der Waals surface area contributed by atoms with E-state index in [2.05, 4.69) is 6.07 Å². The topological polar surface area (TPSA) is 0 Å². The van der Waals surface area contributed by atoms with Gasteiger partial charge in [0, 0.05) is 5.02 Å². The summed E-state index contributed by atoms with van der Waals surface area (Å²) >= 11 is 5.98. The van der Waals surface area contributed by atoms with Crippen molar-refractivity contribution < 1.29 is 51.4 Å². The molecule has 12 heavy (non-hydrogen) atoms. The van der Waals surface area contributed by atoms with Gasteiger partial charge in [0.2, 0.25) is 0 Å². The molecule has 0 saturated heterocycles. The van der Waals surface area contributed by atoms with Gasteiger partial charge in [-0.1, -0.05) is 35.4 Å². The largest absolute Gasteiger partial charge is 1.00 e. The van der Waals surface area contributed by atoms with Gasteiger partial charge in [-0.3, -0.25) is 0 Å². The van der Waals surface area contributed by atoms with Crippen LogP contribution in [-0.2, 0) is 6.42 Å². The molecule has 0 aliphatic heterocycles. The van der Waals surface area contributed by atoms with Crippen LogP contribution in [0.25, 0.3) is 0 Å². The van der Waals surface area contributed by atoms with Crippen molar-refractivity contribution in [1.29, 1.82) is 0 Å². The van der Waals surface area contributed by atoms with Gasteiger partial charge < -0.3 is 5.92 Å². The fraction of sp³-hybridized carbons (Fsp3) is 0.300. The van der Waals surface area contributed by atoms with Crippen molar-refractivity contribution >= 4 is 11.6 Å². The summed E-state index contributed by atoms with van der Waals surface area (Å²) in [6.45, 7) is 0. The van der Waals surface area contributed by atoms with Crippen molar-refractivity contribution in [3.8, 4) is 0 Å². The Bertz CT molecular complexity index is 256. The molecule has 1 saturated carbocycles. The summed E-state index contributed by atoms with van der Waals surface area (Å²) in [7, 11) is 0. The Morgan fingerprint density at radius 2 is 1.92 bits per heavy atom. The Balaban J connectivity index is 0.000000720. The monoisotopic (exact) mass is 204 g/mol. The summed E-state index contributed by atoms with van der Waals surface area (Å²) in [5.41, 5.74) is 1.28. The zero-order valence-corrected chi connectivity index (χ0v) is 11.2. The van der Waals surface area contributed by atoms with Crippen LogP contribution in [0.15, 0.2) is 24.3 Å². The zero-order chi connectivity index (χ0) is 7.68. The number of benzene rings is 1. The van der Waals surface area contributed by atoms with Crippen LogP contribution in [0.4, 0.5) is 0 Å². The Morgan fingerprint density at radius 3 is 2.50 bits per heavy atom. The molecule has 1 aliphatic carbocycles. The van der Waals surface area contributed by atoms with Crippen molar-refractivity contribution in [1.82, 2.24) is 0 Å². The molecule has 0 bridgehead atoms. The second-order valence-electron chi connectivity index (χ2n) is 3.02. The summed E-state index contributed by atoms with van der Waals surface area (Å²) in [5, 5.41) is 0.909. The predicted octanol–water partition coefficient (Wildman–Crippen LogP) is 0.255. The molecule has 58 valence electrons. The maximum atomic E-state index is 5.98. The number of hydrogen-bond donors (Lipinski definition) is 0. The van der Waals surface area contributed by atoms with E-state index in [-0.39, 0.29) is 51.4 Å². The maximum Gasteiger partial charge on any atom is 1.00 e. The molecule has 0 atom stereocenters. The van der Waals surface area contributed by atoms with E-state index in [0.29, 0.717) is 0 Å². The van der Waals surface area contributed by atoms with Crippen LogP contribution in [0.5, 0.6) is 0 Å². The van der Waals surface area contributed by atoms with Gasteiger partial charge in [-0.25, -0.2) is 12.8 Å². The summed E-state index contributed by atoms with van der Waals surface area (Å²) < 4.78 is 0. The van der Waals surface area contributed by atoms with Gasteiger partial charge in [0.15, 0.2) is 0 Å². The Morgan fingerprint density at radius 1 is 1.25 bits per heavy atom. The standard InChI is InChI=1S/C10H10Cl.K/c11-10-4-2-1-3-9(10)7-8-5-6-8;/h1-4H,5-7H2;/q-1;+1. The molecule has 0 aromatic heterocycles.